The second-order valence-electron chi connectivity index (χ2n) is 8.39. The van der Waals surface area contributed by atoms with Crippen LogP contribution in [0, 0.1) is 5.82 Å². The van der Waals surface area contributed by atoms with Crippen LogP contribution in [0.4, 0.5) is 4.39 Å². The van der Waals surface area contributed by atoms with Crippen LogP contribution in [0.5, 0.6) is 0 Å². The number of carbonyl (C=O) groups excluding carboxylic acids is 1. The lowest BCUT2D eigenvalue weighted by Gasteiger charge is -2.37. The van der Waals surface area contributed by atoms with E-state index in [1.165, 1.54) is 12.1 Å². The fourth-order valence-corrected chi connectivity index (χ4v) is 7.15. The van der Waals surface area contributed by atoms with E-state index in [1.54, 1.807) is 28.3 Å². The van der Waals surface area contributed by atoms with Crippen molar-refractivity contribution < 1.29 is 17.6 Å². The van der Waals surface area contributed by atoms with E-state index in [1.807, 2.05) is 25.3 Å². The Labute approximate surface area is 180 Å². The number of benzene rings is 2. The molecule has 31 heavy (non-hydrogen) atoms. The predicted molar refractivity (Wildman–Crippen MR) is 116 cm³/mol. The SMILES string of the molecule is CC(=O)N1CCC(N2C(C)c3cc(-c4c[nH]c5cc(F)ccc45)ccc3S2(=O)=O)CC1. The third kappa shape index (κ3) is 3.16. The molecule has 2 aliphatic heterocycles. The molecule has 0 radical (unpaired) electrons. The maximum Gasteiger partial charge on any atom is 0.244 e. The maximum atomic E-state index is 13.5. The summed E-state index contributed by atoms with van der Waals surface area (Å²) in [4.78, 5) is 16.8. The summed E-state index contributed by atoms with van der Waals surface area (Å²) in [5, 5.41) is 0.892. The average molecular weight is 442 g/mol. The molecule has 0 aliphatic carbocycles. The van der Waals surface area contributed by atoms with Crippen LogP contribution in [0.15, 0.2) is 47.5 Å². The van der Waals surface area contributed by atoms with Crippen LogP contribution in [0.2, 0.25) is 0 Å². The Kier molecular flexibility index (Phi) is 4.67. The molecule has 1 N–H and O–H groups in total. The van der Waals surface area contributed by atoms with E-state index < -0.39 is 10.0 Å². The number of rotatable bonds is 2. The van der Waals surface area contributed by atoms with Gasteiger partial charge in [-0.05, 0) is 61.2 Å². The number of H-pyrrole nitrogens is 1. The number of hydrogen-bond acceptors (Lipinski definition) is 3. The molecule has 1 atom stereocenters. The summed E-state index contributed by atoms with van der Waals surface area (Å²) in [6.07, 6.45) is 3.10. The minimum Gasteiger partial charge on any atom is -0.360 e. The number of hydrogen-bond donors (Lipinski definition) is 1. The first kappa shape index (κ1) is 20.2. The van der Waals surface area contributed by atoms with Crippen molar-refractivity contribution in [3.8, 4) is 11.1 Å². The number of aromatic nitrogens is 1. The zero-order valence-corrected chi connectivity index (χ0v) is 18.2. The summed E-state index contributed by atoms with van der Waals surface area (Å²) in [6, 6.07) is 9.65. The fraction of sp³-hybridized carbons (Fsp3) is 0.348. The van der Waals surface area contributed by atoms with E-state index in [4.69, 9.17) is 0 Å². The molecule has 1 fully saturated rings. The average Bonchev–Trinajstić information content (AvgIpc) is 3.24. The number of piperidine rings is 1. The van der Waals surface area contributed by atoms with Gasteiger partial charge in [0.2, 0.25) is 15.9 Å². The van der Waals surface area contributed by atoms with Gasteiger partial charge in [-0.3, -0.25) is 4.79 Å². The van der Waals surface area contributed by atoms with Gasteiger partial charge < -0.3 is 9.88 Å². The number of fused-ring (bicyclic) bond motifs is 2. The summed E-state index contributed by atoms with van der Waals surface area (Å²) >= 11 is 0. The zero-order valence-electron chi connectivity index (χ0n) is 17.4. The highest BCUT2D eigenvalue weighted by atomic mass is 32.2. The maximum absolute atomic E-state index is 13.5. The van der Waals surface area contributed by atoms with Gasteiger partial charge in [-0.25, -0.2) is 12.8 Å². The molecule has 6 nitrogen and oxygen atoms in total. The lowest BCUT2D eigenvalue weighted by atomic mass is 9.98. The van der Waals surface area contributed by atoms with Crippen LogP contribution < -0.4 is 0 Å². The highest BCUT2D eigenvalue weighted by Crippen LogP contribution is 2.44. The highest BCUT2D eigenvalue weighted by Gasteiger charge is 2.45. The molecule has 8 heteroatoms. The van der Waals surface area contributed by atoms with E-state index in [-0.39, 0.29) is 23.8 Å². The van der Waals surface area contributed by atoms with Crippen LogP contribution in [0.25, 0.3) is 22.0 Å². The topological polar surface area (TPSA) is 73.5 Å². The first-order valence-corrected chi connectivity index (χ1v) is 11.9. The molecule has 0 saturated carbocycles. The number of amides is 1. The van der Waals surface area contributed by atoms with Gasteiger partial charge in [-0.1, -0.05) is 6.07 Å². The summed E-state index contributed by atoms with van der Waals surface area (Å²) in [5.41, 5.74) is 3.29. The number of carbonyl (C=O) groups is 1. The van der Waals surface area contributed by atoms with Crippen molar-refractivity contribution in [1.29, 1.82) is 0 Å². The van der Waals surface area contributed by atoms with Gasteiger partial charge >= 0.3 is 0 Å². The Hall–Kier alpha value is -2.71. The quantitative estimate of drug-likeness (QED) is 0.652. The normalized spacial score (nSPS) is 21.5. The monoisotopic (exact) mass is 441 g/mol. The minimum atomic E-state index is -3.59. The van der Waals surface area contributed by atoms with Gasteiger partial charge in [-0.15, -0.1) is 0 Å². The van der Waals surface area contributed by atoms with Crippen molar-refractivity contribution in [2.45, 2.75) is 43.7 Å². The molecule has 3 aromatic rings. The highest BCUT2D eigenvalue weighted by molar-refractivity contribution is 7.89. The molecule has 2 aromatic carbocycles. The van der Waals surface area contributed by atoms with Crippen LogP contribution in [0.1, 0.15) is 38.3 Å². The molecule has 1 amide bonds. The molecule has 0 spiro atoms. The van der Waals surface area contributed by atoms with Crippen molar-refractivity contribution in [2.24, 2.45) is 0 Å². The molecule has 2 aliphatic rings. The number of nitrogens with one attached hydrogen (secondary N) is 1. The van der Waals surface area contributed by atoms with Crippen molar-refractivity contribution >= 4 is 26.8 Å². The van der Waals surface area contributed by atoms with Crippen molar-refractivity contribution in [3.63, 3.8) is 0 Å². The first-order chi connectivity index (χ1) is 14.8. The molecule has 5 rings (SSSR count). The van der Waals surface area contributed by atoms with Gasteiger partial charge in [0.15, 0.2) is 0 Å². The van der Waals surface area contributed by atoms with Crippen LogP contribution in [-0.2, 0) is 14.8 Å². The first-order valence-electron chi connectivity index (χ1n) is 10.5. The van der Waals surface area contributed by atoms with Gasteiger partial charge in [0.1, 0.15) is 5.82 Å². The van der Waals surface area contributed by atoms with Gasteiger partial charge in [0.25, 0.3) is 0 Å². The third-order valence-corrected chi connectivity index (χ3v) is 8.72. The zero-order chi connectivity index (χ0) is 21.9. The molecule has 1 saturated heterocycles. The number of nitrogens with zero attached hydrogens (tertiary/aromatic N) is 2. The Morgan fingerprint density at radius 3 is 2.58 bits per heavy atom. The Bertz CT molecular complexity index is 1290. The van der Waals surface area contributed by atoms with E-state index in [9.17, 15) is 17.6 Å². The smallest absolute Gasteiger partial charge is 0.244 e. The summed E-state index contributed by atoms with van der Waals surface area (Å²) in [7, 11) is -3.59. The second kappa shape index (κ2) is 7.17. The summed E-state index contributed by atoms with van der Waals surface area (Å²) < 4.78 is 41.9. The van der Waals surface area contributed by atoms with E-state index in [0.29, 0.717) is 36.3 Å². The number of aromatic amines is 1. The lowest BCUT2D eigenvalue weighted by Crippen LogP contribution is -2.47. The van der Waals surface area contributed by atoms with Crippen LogP contribution in [-0.4, -0.2) is 47.6 Å². The summed E-state index contributed by atoms with van der Waals surface area (Å²) in [5.74, 6) is -0.275. The van der Waals surface area contributed by atoms with Crippen molar-refractivity contribution in [2.75, 3.05) is 13.1 Å². The molecular weight excluding hydrogens is 417 g/mol. The molecule has 3 heterocycles. The van der Waals surface area contributed by atoms with E-state index in [2.05, 4.69) is 4.98 Å². The van der Waals surface area contributed by atoms with Crippen molar-refractivity contribution in [3.05, 3.63) is 54.0 Å². The third-order valence-electron chi connectivity index (χ3n) is 6.62. The lowest BCUT2D eigenvalue weighted by molar-refractivity contribution is -0.130. The molecule has 1 aromatic heterocycles. The largest absolute Gasteiger partial charge is 0.360 e. The van der Waals surface area contributed by atoms with E-state index in [0.717, 1.165) is 22.1 Å². The van der Waals surface area contributed by atoms with Gasteiger partial charge in [0, 0.05) is 54.8 Å². The number of sulfonamides is 1. The predicted octanol–water partition coefficient (Wildman–Crippen LogP) is 4.05. The minimum absolute atomic E-state index is 0.0299. The molecular formula is C23H24FN3O3S. The van der Waals surface area contributed by atoms with Crippen LogP contribution in [0.3, 0.4) is 0 Å². The molecule has 1 unspecified atom stereocenters. The van der Waals surface area contributed by atoms with Gasteiger partial charge in [0.05, 0.1) is 4.90 Å². The second-order valence-corrected chi connectivity index (χ2v) is 10.2. The van der Waals surface area contributed by atoms with E-state index >= 15 is 0 Å². The molecule has 162 valence electrons. The van der Waals surface area contributed by atoms with Crippen LogP contribution >= 0.6 is 0 Å². The van der Waals surface area contributed by atoms with Crippen molar-refractivity contribution in [1.82, 2.24) is 14.2 Å². The Morgan fingerprint density at radius 2 is 1.87 bits per heavy atom. The Morgan fingerprint density at radius 1 is 1.13 bits per heavy atom. The van der Waals surface area contributed by atoms with Gasteiger partial charge in [-0.2, -0.15) is 4.31 Å². The fourth-order valence-electron chi connectivity index (χ4n) is 5.02. The Balaban J connectivity index is 1.50. The molecule has 0 bridgehead atoms. The standard InChI is InChI=1S/C23H24FN3O3S/c1-14-20-11-16(21-13-25-22-12-17(24)4-5-19(21)22)3-6-23(20)31(29,30)27(14)18-7-9-26(10-8-18)15(2)28/h3-6,11-14,18,25H,7-10H2,1-2H3. The number of likely N-dealkylation sites (tertiary alicyclic amines) is 1. The number of halogens is 1. The summed E-state index contributed by atoms with van der Waals surface area (Å²) in [6.45, 7) is 4.62.